The van der Waals surface area contributed by atoms with Gasteiger partial charge in [0.1, 0.15) is 0 Å². The third-order valence-corrected chi connectivity index (χ3v) is 3.28. The summed E-state index contributed by atoms with van der Waals surface area (Å²) in [5.41, 5.74) is 4.10. The van der Waals surface area contributed by atoms with Crippen LogP contribution in [0.3, 0.4) is 0 Å². The zero-order valence-corrected chi connectivity index (χ0v) is 10.3. The van der Waals surface area contributed by atoms with E-state index >= 15 is 0 Å². The molecule has 0 bridgehead atoms. The number of H-pyrrole nitrogens is 1. The van der Waals surface area contributed by atoms with Gasteiger partial charge < -0.3 is 4.90 Å². The molecule has 1 aliphatic rings. The number of aryl methyl sites for hydroxylation is 1. The second kappa shape index (κ2) is 4.29. The largest absolute Gasteiger partial charge is 0.311 e. The highest BCUT2D eigenvalue weighted by Gasteiger charge is 2.24. The second-order valence-electron chi connectivity index (χ2n) is 4.64. The van der Waals surface area contributed by atoms with Gasteiger partial charge in [0, 0.05) is 17.9 Å². The highest BCUT2D eigenvalue weighted by molar-refractivity contribution is 5.96. The summed E-state index contributed by atoms with van der Waals surface area (Å²) < 4.78 is 0. The van der Waals surface area contributed by atoms with Crippen molar-refractivity contribution in [2.24, 2.45) is 0 Å². The van der Waals surface area contributed by atoms with Gasteiger partial charge in [0.15, 0.2) is 0 Å². The Balaban J connectivity index is 1.78. The number of para-hydroxylation sites is 1. The van der Waals surface area contributed by atoms with Crippen LogP contribution in [-0.2, 0) is 17.6 Å². The monoisotopic (exact) mass is 241 g/mol. The fourth-order valence-electron chi connectivity index (χ4n) is 2.41. The number of nitrogens with zero attached hydrogens (tertiary/aromatic N) is 2. The van der Waals surface area contributed by atoms with E-state index in [9.17, 15) is 4.79 Å². The van der Waals surface area contributed by atoms with Crippen LogP contribution in [0, 0.1) is 6.92 Å². The first-order valence-electron chi connectivity index (χ1n) is 6.13. The molecule has 1 N–H and O–H groups in total. The Labute approximate surface area is 106 Å². The Kier molecular flexibility index (Phi) is 2.63. The van der Waals surface area contributed by atoms with Crippen molar-refractivity contribution in [3.8, 4) is 0 Å². The van der Waals surface area contributed by atoms with Crippen molar-refractivity contribution in [1.82, 2.24) is 10.2 Å². The van der Waals surface area contributed by atoms with Crippen LogP contribution in [-0.4, -0.2) is 22.6 Å². The van der Waals surface area contributed by atoms with E-state index in [1.165, 1.54) is 5.56 Å². The van der Waals surface area contributed by atoms with E-state index in [-0.39, 0.29) is 5.91 Å². The molecule has 1 aromatic heterocycles. The molecule has 4 heteroatoms. The summed E-state index contributed by atoms with van der Waals surface area (Å²) in [6, 6.07) is 10.0. The summed E-state index contributed by atoms with van der Waals surface area (Å²) in [5.74, 6) is 0.117. The molecule has 92 valence electrons. The Hall–Kier alpha value is -2.10. The van der Waals surface area contributed by atoms with Gasteiger partial charge in [0.2, 0.25) is 5.91 Å². The van der Waals surface area contributed by atoms with Crippen molar-refractivity contribution in [2.45, 2.75) is 19.8 Å². The van der Waals surface area contributed by atoms with Crippen molar-refractivity contribution in [1.29, 1.82) is 0 Å². The van der Waals surface area contributed by atoms with Gasteiger partial charge in [0.25, 0.3) is 0 Å². The van der Waals surface area contributed by atoms with Crippen LogP contribution in [0.5, 0.6) is 0 Å². The molecule has 1 amide bonds. The summed E-state index contributed by atoms with van der Waals surface area (Å²) in [6.45, 7) is 2.72. The molecule has 2 heterocycles. The zero-order valence-electron chi connectivity index (χ0n) is 10.3. The van der Waals surface area contributed by atoms with Crippen LogP contribution in [0.2, 0.25) is 0 Å². The number of aromatic nitrogens is 2. The molecule has 0 unspecified atom stereocenters. The second-order valence-corrected chi connectivity index (χ2v) is 4.64. The predicted molar refractivity (Wildman–Crippen MR) is 69.5 cm³/mol. The molecule has 0 saturated carbocycles. The Morgan fingerprint density at radius 2 is 2.28 bits per heavy atom. The zero-order chi connectivity index (χ0) is 12.5. The van der Waals surface area contributed by atoms with Crippen LogP contribution >= 0.6 is 0 Å². The molecule has 0 aliphatic carbocycles. The Morgan fingerprint density at radius 3 is 3.06 bits per heavy atom. The molecule has 1 aromatic carbocycles. The maximum absolute atomic E-state index is 12.3. The van der Waals surface area contributed by atoms with E-state index in [1.807, 2.05) is 36.1 Å². The molecule has 3 rings (SSSR count). The number of hydrogen-bond acceptors (Lipinski definition) is 2. The minimum absolute atomic E-state index is 0.117. The van der Waals surface area contributed by atoms with Crippen LogP contribution in [0.1, 0.15) is 17.0 Å². The molecule has 4 nitrogen and oxygen atoms in total. The molecule has 0 radical (unpaired) electrons. The highest BCUT2D eigenvalue weighted by atomic mass is 16.2. The first-order chi connectivity index (χ1) is 8.74. The van der Waals surface area contributed by atoms with Crippen molar-refractivity contribution in [3.63, 3.8) is 0 Å². The fourth-order valence-corrected chi connectivity index (χ4v) is 2.41. The lowest BCUT2D eigenvalue weighted by Gasteiger charge is -2.16. The fraction of sp³-hybridized carbons (Fsp3) is 0.286. The lowest BCUT2D eigenvalue weighted by molar-refractivity contribution is -0.117. The van der Waals surface area contributed by atoms with Crippen LogP contribution in [0.15, 0.2) is 30.3 Å². The maximum Gasteiger partial charge on any atom is 0.233 e. The molecule has 0 spiro atoms. The number of rotatable bonds is 2. The Bertz CT molecular complexity index is 588. The van der Waals surface area contributed by atoms with Gasteiger partial charge in [-0.2, -0.15) is 5.10 Å². The number of carbonyl (C=O) groups is 1. The van der Waals surface area contributed by atoms with Crippen LogP contribution in [0.25, 0.3) is 0 Å². The van der Waals surface area contributed by atoms with Gasteiger partial charge in [-0.15, -0.1) is 0 Å². The summed E-state index contributed by atoms with van der Waals surface area (Å²) in [6.07, 6.45) is 1.31. The van der Waals surface area contributed by atoms with E-state index in [4.69, 9.17) is 0 Å². The van der Waals surface area contributed by atoms with Crippen molar-refractivity contribution in [3.05, 3.63) is 47.3 Å². The number of benzene rings is 1. The first kappa shape index (κ1) is 11.0. The average molecular weight is 241 g/mol. The van der Waals surface area contributed by atoms with E-state index in [1.54, 1.807) is 0 Å². The molecule has 0 fully saturated rings. The number of anilines is 1. The number of fused-ring (bicyclic) bond motifs is 1. The number of amides is 1. The molecular formula is C14H15N3O. The minimum Gasteiger partial charge on any atom is -0.311 e. The minimum atomic E-state index is 0.117. The highest BCUT2D eigenvalue weighted by Crippen LogP contribution is 2.27. The Morgan fingerprint density at radius 1 is 1.44 bits per heavy atom. The molecular weight excluding hydrogens is 226 g/mol. The molecule has 18 heavy (non-hydrogen) atoms. The van der Waals surface area contributed by atoms with Gasteiger partial charge in [-0.1, -0.05) is 18.2 Å². The van der Waals surface area contributed by atoms with E-state index < -0.39 is 0 Å². The normalized spacial score (nSPS) is 13.7. The van der Waals surface area contributed by atoms with Gasteiger partial charge >= 0.3 is 0 Å². The van der Waals surface area contributed by atoms with Crippen molar-refractivity contribution >= 4 is 11.6 Å². The SMILES string of the molecule is Cc1cc(CC(=O)N2CCc3ccccc32)n[nH]1. The maximum atomic E-state index is 12.3. The van der Waals surface area contributed by atoms with E-state index in [0.29, 0.717) is 6.42 Å². The van der Waals surface area contributed by atoms with Crippen molar-refractivity contribution in [2.75, 3.05) is 11.4 Å². The van der Waals surface area contributed by atoms with Gasteiger partial charge in [-0.25, -0.2) is 0 Å². The van der Waals surface area contributed by atoms with Gasteiger partial charge in [-0.3, -0.25) is 9.89 Å². The number of hydrogen-bond donors (Lipinski definition) is 1. The quantitative estimate of drug-likeness (QED) is 0.872. The van der Waals surface area contributed by atoms with E-state index in [0.717, 1.165) is 30.0 Å². The van der Waals surface area contributed by atoms with E-state index in [2.05, 4.69) is 16.3 Å². The van der Waals surface area contributed by atoms with Gasteiger partial charge in [-0.05, 0) is 31.0 Å². The first-order valence-corrected chi connectivity index (χ1v) is 6.13. The number of aromatic amines is 1. The lowest BCUT2D eigenvalue weighted by atomic mass is 10.2. The van der Waals surface area contributed by atoms with Crippen LogP contribution in [0.4, 0.5) is 5.69 Å². The predicted octanol–water partition coefficient (Wildman–Crippen LogP) is 1.85. The summed E-state index contributed by atoms with van der Waals surface area (Å²) in [4.78, 5) is 14.1. The topological polar surface area (TPSA) is 49.0 Å². The summed E-state index contributed by atoms with van der Waals surface area (Å²) in [7, 11) is 0. The molecule has 0 saturated heterocycles. The average Bonchev–Trinajstić information content (AvgIpc) is 2.95. The summed E-state index contributed by atoms with van der Waals surface area (Å²) in [5, 5.41) is 6.97. The van der Waals surface area contributed by atoms with Gasteiger partial charge in [0.05, 0.1) is 12.1 Å². The van der Waals surface area contributed by atoms with Crippen LogP contribution < -0.4 is 4.90 Å². The van der Waals surface area contributed by atoms with Crippen molar-refractivity contribution < 1.29 is 4.79 Å². The third kappa shape index (κ3) is 1.90. The number of nitrogens with one attached hydrogen (secondary N) is 1. The summed E-state index contributed by atoms with van der Waals surface area (Å²) >= 11 is 0. The molecule has 0 atom stereocenters. The number of carbonyl (C=O) groups excluding carboxylic acids is 1. The molecule has 2 aromatic rings. The third-order valence-electron chi connectivity index (χ3n) is 3.28. The smallest absolute Gasteiger partial charge is 0.233 e. The lowest BCUT2D eigenvalue weighted by Crippen LogP contribution is -2.30. The standard InChI is InChI=1S/C14H15N3O/c1-10-8-12(16-15-10)9-14(18)17-7-6-11-4-2-3-5-13(11)17/h2-5,8H,6-7,9H2,1H3,(H,15,16). The molecule has 1 aliphatic heterocycles.